The summed E-state index contributed by atoms with van der Waals surface area (Å²) in [6.07, 6.45) is 0. The zero-order valence-electron chi connectivity index (χ0n) is 10.00. The van der Waals surface area contributed by atoms with Gasteiger partial charge in [-0.1, -0.05) is 48.5 Å². The zero-order valence-corrected chi connectivity index (χ0v) is 10.8. The van der Waals surface area contributed by atoms with Crippen molar-refractivity contribution in [2.75, 3.05) is 0 Å². The van der Waals surface area contributed by atoms with Crippen LogP contribution in [0.3, 0.4) is 0 Å². The number of nitrogens with one attached hydrogen (secondary N) is 2. The predicted octanol–water partition coefficient (Wildman–Crippen LogP) is 1.53. The van der Waals surface area contributed by atoms with E-state index in [1.165, 1.54) is 6.07 Å². The maximum atomic E-state index is 12.1. The van der Waals surface area contributed by atoms with E-state index in [2.05, 4.69) is 0 Å². The highest BCUT2D eigenvalue weighted by molar-refractivity contribution is 7.90. The van der Waals surface area contributed by atoms with Crippen LogP contribution in [-0.4, -0.2) is 14.4 Å². The predicted molar refractivity (Wildman–Crippen MR) is 74.1 cm³/mol. The molecule has 0 bridgehead atoms. The van der Waals surface area contributed by atoms with Crippen molar-refractivity contribution >= 4 is 16.0 Å². The van der Waals surface area contributed by atoms with Crippen molar-refractivity contribution < 1.29 is 8.42 Å². The van der Waals surface area contributed by atoms with Crippen molar-refractivity contribution in [2.45, 2.75) is 4.90 Å². The summed E-state index contributed by atoms with van der Waals surface area (Å²) < 4.78 is 26.2. The Hall–Kier alpha value is -2.34. The first-order valence-corrected chi connectivity index (χ1v) is 7.00. The Labute approximate surface area is 111 Å². The van der Waals surface area contributed by atoms with Gasteiger partial charge in [-0.15, -0.1) is 0 Å². The first kappa shape index (κ1) is 13.1. The molecule has 0 unspecified atom stereocenters. The van der Waals surface area contributed by atoms with Crippen molar-refractivity contribution in [3.63, 3.8) is 0 Å². The normalized spacial score (nSPS) is 10.9. The van der Waals surface area contributed by atoms with Gasteiger partial charge < -0.3 is 5.73 Å². The van der Waals surface area contributed by atoms with E-state index in [1.807, 2.05) is 35.1 Å². The molecule has 0 aliphatic carbocycles. The minimum atomic E-state index is -3.84. The number of nitrogens with two attached hydrogens (primary N) is 1. The Kier molecular flexibility index (Phi) is 3.52. The number of hydrogen-bond donors (Lipinski definition) is 3. The van der Waals surface area contributed by atoms with Gasteiger partial charge in [0.05, 0.1) is 4.90 Å². The van der Waals surface area contributed by atoms with Gasteiger partial charge in [-0.3, -0.25) is 5.41 Å². The van der Waals surface area contributed by atoms with Crippen LogP contribution in [0.2, 0.25) is 0 Å². The van der Waals surface area contributed by atoms with Gasteiger partial charge in [-0.25, -0.2) is 13.1 Å². The molecule has 0 spiro atoms. The number of sulfonamides is 1. The molecular weight excluding hydrogens is 262 g/mol. The molecule has 2 rings (SSSR count). The van der Waals surface area contributed by atoms with Gasteiger partial charge in [0.1, 0.15) is 0 Å². The standard InChI is InChI=1S/C13H13N3O2S/c14-13(15)16-19(17,18)12-9-5-4-8-11(12)10-6-2-1-3-7-10/h1-9H,(H4,14,15,16). The van der Waals surface area contributed by atoms with Crippen molar-refractivity contribution in [3.05, 3.63) is 54.6 Å². The first-order chi connectivity index (χ1) is 9.00. The third-order valence-corrected chi connectivity index (χ3v) is 3.93. The van der Waals surface area contributed by atoms with Gasteiger partial charge >= 0.3 is 0 Å². The van der Waals surface area contributed by atoms with E-state index in [-0.39, 0.29) is 4.90 Å². The van der Waals surface area contributed by atoms with E-state index in [9.17, 15) is 8.42 Å². The van der Waals surface area contributed by atoms with Gasteiger partial charge in [-0.05, 0) is 11.6 Å². The largest absolute Gasteiger partial charge is 0.369 e. The molecule has 4 N–H and O–H groups in total. The van der Waals surface area contributed by atoms with Crippen LogP contribution < -0.4 is 10.5 Å². The fraction of sp³-hybridized carbons (Fsp3) is 0. The lowest BCUT2D eigenvalue weighted by Crippen LogP contribution is -2.35. The Morgan fingerprint density at radius 3 is 2.21 bits per heavy atom. The van der Waals surface area contributed by atoms with Crippen LogP contribution in [0.4, 0.5) is 0 Å². The zero-order chi connectivity index (χ0) is 13.9. The highest BCUT2D eigenvalue weighted by atomic mass is 32.2. The Bertz CT molecular complexity index is 697. The van der Waals surface area contributed by atoms with Crippen molar-refractivity contribution in [1.82, 2.24) is 4.72 Å². The molecule has 0 heterocycles. The summed E-state index contributed by atoms with van der Waals surface area (Å²) in [5, 5.41) is 7.06. The summed E-state index contributed by atoms with van der Waals surface area (Å²) in [5.41, 5.74) is 6.45. The molecular formula is C13H13N3O2S. The molecule has 0 saturated carbocycles. The molecule has 0 aliphatic heterocycles. The summed E-state index contributed by atoms with van der Waals surface area (Å²) in [6.45, 7) is 0. The number of benzene rings is 2. The second kappa shape index (κ2) is 5.11. The molecule has 2 aromatic rings. The summed E-state index contributed by atoms with van der Waals surface area (Å²) >= 11 is 0. The fourth-order valence-electron chi connectivity index (χ4n) is 1.76. The number of hydrogen-bond acceptors (Lipinski definition) is 3. The average Bonchev–Trinajstić information content (AvgIpc) is 2.38. The Balaban J connectivity index is 2.58. The maximum Gasteiger partial charge on any atom is 0.264 e. The minimum Gasteiger partial charge on any atom is -0.369 e. The van der Waals surface area contributed by atoms with Gasteiger partial charge in [0.2, 0.25) is 0 Å². The van der Waals surface area contributed by atoms with E-state index >= 15 is 0 Å². The Morgan fingerprint density at radius 1 is 1.00 bits per heavy atom. The second-order valence-electron chi connectivity index (χ2n) is 3.88. The van der Waals surface area contributed by atoms with E-state index in [4.69, 9.17) is 11.1 Å². The molecule has 0 aliphatic rings. The highest BCUT2D eigenvalue weighted by Crippen LogP contribution is 2.26. The van der Waals surface area contributed by atoms with Crippen LogP contribution in [0.15, 0.2) is 59.5 Å². The van der Waals surface area contributed by atoms with Crippen LogP contribution in [-0.2, 0) is 10.0 Å². The average molecular weight is 275 g/mol. The minimum absolute atomic E-state index is 0.0939. The molecule has 0 atom stereocenters. The lowest BCUT2D eigenvalue weighted by molar-refractivity contribution is 0.592. The number of rotatable bonds is 3. The van der Waals surface area contributed by atoms with E-state index in [0.717, 1.165) is 5.56 Å². The molecule has 19 heavy (non-hydrogen) atoms. The van der Waals surface area contributed by atoms with E-state index in [0.29, 0.717) is 5.56 Å². The topological polar surface area (TPSA) is 96.0 Å². The van der Waals surface area contributed by atoms with Crippen LogP contribution in [0.1, 0.15) is 0 Å². The summed E-state index contributed by atoms with van der Waals surface area (Å²) in [4.78, 5) is 0.0939. The molecule has 0 saturated heterocycles. The van der Waals surface area contributed by atoms with Crippen LogP contribution in [0, 0.1) is 5.41 Å². The third kappa shape index (κ3) is 2.92. The van der Waals surface area contributed by atoms with Crippen molar-refractivity contribution in [1.29, 1.82) is 5.41 Å². The molecule has 5 nitrogen and oxygen atoms in total. The molecule has 6 heteroatoms. The first-order valence-electron chi connectivity index (χ1n) is 5.52. The molecule has 0 fully saturated rings. The second-order valence-corrected chi connectivity index (χ2v) is 5.53. The highest BCUT2D eigenvalue weighted by Gasteiger charge is 2.19. The van der Waals surface area contributed by atoms with Gasteiger partial charge in [0.15, 0.2) is 5.96 Å². The lowest BCUT2D eigenvalue weighted by Gasteiger charge is -2.11. The molecule has 0 amide bonds. The monoisotopic (exact) mass is 275 g/mol. The van der Waals surface area contributed by atoms with Crippen LogP contribution in [0.5, 0.6) is 0 Å². The lowest BCUT2D eigenvalue weighted by atomic mass is 10.1. The third-order valence-electron chi connectivity index (χ3n) is 2.51. The van der Waals surface area contributed by atoms with Gasteiger partial charge in [0.25, 0.3) is 10.0 Å². The SMILES string of the molecule is N=C(N)NS(=O)(=O)c1ccccc1-c1ccccc1. The molecule has 98 valence electrons. The van der Waals surface area contributed by atoms with E-state index < -0.39 is 16.0 Å². The number of guanidine groups is 1. The smallest absolute Gasteiger partial charge is 0.264 e. The molecule has 0 radical (unpaired) electrons. The summed E-state index contributed by atoms with van der Waals surface area (Å²) in [5.74, 6) is -0.608. The van der Waals surface area contributed by atoms with E-state index in [1.54, 1.807) is 18.2 Å². The van der Waals surface area contributed by atoms with Crippen LogP contribution >= 0.6 is 0 Å². The van der Waals surface area contributed by atoms with Crippen molar-refractivity contribution in [2.24, 2.45) is 5.73 Å². The fourth-order valence-corrected chi connectivity index (χ4v) is 2.89. The Morgan fingerprint density at radius 2 is 1.58 bits per heavy atom. The van der Waals surface area contributed by atoms with Gasteiger partial charge in [0, 0.05) is 5.56 Å². The van der Waals surface area contributed by atoms with Gasteiger partial charge in [-0.2, -0.15) is 0 Å². The quantitative estimate of drug-likeness (QED) is 0.585. The molecule has 2 aromatic carbocycles. The summed E-state index contributed by atoms with van der Waals surface area (Å²) in [6, 6.07) is 15.7. The van der Waals surface area contributed by atoms with Crippen molar-refractivity contribution in [3.8, 4) is 11.1 Å². The summed E-state index contributed by atoms with van der Waals surface area (Å²) in [7, 11) is -3.84. The van der Waals surface area contributed by atoms with Crippen LogP contribution in [0.25, 0.3) is 11.1 Å². The molecule has 0 aromatic heterocycles. The maximum absolute atomic E-state index is 12.1.